The highest BCUT2D eigenvalue weighted by Gasteiger charge is 2.13. The molecule has 0 bridgehead atoms. The predicted octanol–water partition coefficient (Wildman–Crippen LogP) is 5.78. The van der Waals surface area contributed by atoms with Crippen molar-refractivity contribution in [1.29, 1.82) is 0 Å². The Morgan fingerprint density at radius 2 is 1.52 bits per heavy atom. The third-order valence-corrected chi connectivity index (χ3v) is 5.52. The van der Waals surface area contributed by atoms with Crippen LogP contribution in [0.4, 0.5) is 5.69 Å². The topological polar surface area (TPSA) is 64.9 Å². The Bertz CT molecular complexity index is 1160. The summed E-state index contributed by atoms with van der Waals surface area (Å²) < 4.78 is 19.7. The first-order valence-electron chi connectivity index (χ1n) is 10.2. The molecule has 0 unspecified atom stereocenters. The van der Waals surface area contributed by atoms with Crippen molar-refractivity contribution < 1.29 is 19.4 Å². The fraction of sp³-hybridized carbons (Fsp3) is 0.250. The van der Waals surface area contributed by atoms with Gasteiger partial charge in [-0.2, -0.15) is 0 Å². The Labute approximate surface area is 189 Å². The first-order valence-corrected chi connectivity index (χ1v) is 11.0. The molecule has 7 heteroatoms. The van der Waals surface area contributed by atoms with Gasteiger partial charge in [-0.3, -0.25) is 10.7 Å². The van der Waals surface area contributed by atoms with Gasteiger partial charge in [0.2, 0.25) is 0 Å². The van der Waals surface area contributed by atoms with Crippen molar-refractivity contribution >= 4 is 43.4 Å². The monoisotopic (exact) mass is 484 g/mol. The number of hydrogen-bond acceptors (Lipinski definition) is 5. The molecule has 2 N–H and O–H groups in total. The molecule has 0 spiro atoms. The van der Waals surface area contributed by atoms with Crippen molar-refractivity contribution in [3.05, 3.63) is 65.1 Å². The molecule has 6 nitrogen and oxygen atoms in total. The number of halogens is 1. The summed E-state index contributed by atoms with van der Waals surface area (Å²) in [5.74, 6) is 0.799. The molecule has 4 aromatic rings. The van der Waals surface area contributed by atoms with Gasteiger partial charge in [0.25, 0.3) is 0 Å². The molecule has 0 saturated carbocycles. The van der Waals surface area contributed by atoms with E-state index in [0.29, 0.717) is 38.7 Å². The minimum atomic E-state index is 0.492. The van der Waals surface area contributed by atoms with E-state index >= 15 is 0 Å². The number of fused-ring (bicyclic) bond motifs is 3. The molecule has 31 heavy (non-hydrogen) atoms. The van der Waals surface area contributed by atoms with Crippen LogP contribution in [0.5, 0.6) is 5.75 Å². The third-order valence-electron chi connectivity index (χ3n) is 5.02. The number of ether oxygens (including phenoxy) is 3. The molecule has 4 rings (SSSR count). The van der Waals surface area contributed by atoms with Gasteiger partial charge in [0.1, 0.15) is 12.4 Å². The Morgan fingerprint density at radius 1 is 0.839 bits per heavy atom. The summed E-state index contributed by atoms with van der Waals surface area (Å²) in [5, 5.41) is 11.5. The summed E-state index contributed by atoms with van der Waals surface area (Å²) in [6.45, 7) is 4.87. The van der Waals surface area contributed by atoms with Crippen LogP contribution in [0.2, 0.25) is 0 Å². The zero-order chi connectivity index (χ0) is 21.6. The molecular formula is C24H25BrN2O4. The van der Waals surface area contributed by atoms with Gasteiger partial charge in [0.15, 0.2) is 0 Å². The molecule has 1 heterocycles. The zero-order valence-electron chi connectivity index (χ0n) is 17.3. The van der Waals surface area contributed by atoms with Crippen LogP contribution >= 0.6 is 15.9 Å². The third kappa shape index (κ3) is 4.85. The van der Waals surface area contributed by atoms with Gasteiger partial charge >= 0.3 is 0 Å². The second-order valence-corrected chi connectivity index (χ2v) is 7.91. The lowest BCUT2D eigenvalue weighted by atomic mass is 10.1. The van der Waals surface area contributed by atoms with Gasteiger partial charge in [0.05, 0.1) is 36.5 Å². The van der Waals surface area contributed by atoms with Gasteiger partial charge < -0.3 is 18.8 Å². The van der Waals surface area contributed by atoms with Gasteiger partial charge in [-0.1, -0.05) is 15.9 Å². The molecule has 0 amide bonds. The maximum atomic E-state index is 9.33. The van der Waals surface area contributed by atoms with Crippen molar-refractivity contribution in [3.8, 4) is 11.4 Å². The highest BCUT2D eigenvalue weighted by atomic mass is 79.9. The van der Waals surface area contributed by atoms with E-state index in [0.717, 1.165) is 37.7 Å². The minimum Gasteiger partial charge on any atom is -0.491 e. The summed E-state index contributed by atoms with van der Waals surface area (Å²) >= 11 is 3.57. The fourth-order valence-electron chi connectivity index (χ4n) is 3.62. The minimum absolute atomic E-state index is 0.492. The smallest absolute Gasteiger partial charge is 0.119 e. The Balaban J connectivity index is 1.55. The van der Waals surface area contributed by atoms with Crippen LogP contribution in [0.1, 0.15) is 6.92 Å². The molecule has 0 aliphatic heterocycles. The molecule has 0 aliphatic rings. The largest absolute Gasteiger partial charge is 0.491 e. The van der Waals surface area contributed by atoms with Gasteiger partial charge in [-0.05, 0) is 67.6 Å². The van der Waals surface area contributed by atoms with Crippen LogP contribution in [0.15, 0.2) is 65.1 Å². The maximum Gasteiger partial charge on any atom is 0.119 e. The summed E-state index contributed by atoms with van der Waals surface area (Å²) in [6, 6.07) is 20.1. The van der Waals surface area contributed by atoms with Crippen LogP contribution in [0.25, 0.3) is 27.5 Å². The summed E-state index contributed by atoms with van der Waals surface area (Å²) in [6.07, 6.45) is 0. The van der Waals surface area contributed by atoms with Crippen molar-refractivity contribution in [3.63, 3.8) is 0 Å². The molecule has 0 radical (unpaired) electrons. The van der Waals surface area contributed by atoms with Gasteiger partial charge in [0, 0.05) is 27.5 Å². The molecule has 0 atom stereocenters. The van der Waals surface area contributed by atoms with Crippen LogP contribution in [0.3, 0.4) is 0 Å². The molecule has 1 aromatic heterocycles. The Kier molecular flexibility index (Phi) is 7.09. The van der Waals surface area contributed by atoms with E-state index < -0.39 is 0 Å². The lowest BCUT2D eigenvalue weighted by molar-refractivity contribution is 0.0405. The average Bonchev–Trinajstić information content (AvgIpc) is 3.11. The van der Waals surface area contributed by atoms with E-state index in [1.807, 2.05) is 55.5 Å². The highest BCUT2D eigenvalue weighted by Crippen LogP contribution is 2.35. The molecular weight excluding hydrogens is 460 g/mol. The molecule has 0 saturated heterocycles. The number of benzene rings is 3. The maximum absolute atomic E-state index is 9.33. The molecule has 3 aromatic carbocycles. The van der Waals surface area contributed by atoms with Crippen LogP contribution in [-0.2, 0) is 9.47 Å². The van der Waals surface area contributed by atoms with E-state index in [4.69, 9.17) is 14.2 Å². The first kappa shape index (κ1) is 21.6. The van der Waals surface area contributed by atoms with Crippen molar-refractivity contribution in [2.24, 2.45) is 0 Å². The lowest BCUT2D eigenvalue weighted by Gasteiger charge is -2.11. The number of nitrogens with zero attached hydrogens (tertiary/aromatic N) is 1. The van der Waals surface area contributed by atoms with E-state index in [1.54, 1.807) is 0 Å². The number of rotatable bonds is 10. The Hall–Kier alpha value is -2.58. The summed E-state index contributed by atoms with van der Waals surface area (Å²) in [7, 11) is 0. The fourth-order valence-corrected chi connectivity index (χ4v) is 3.98. The van der Waals surface area contributed by atoms with Crippen molar-refractivity contribution in [2.45, 2.75) is 6.92 Å². The Morgan fingerprint density at radius 3 is 2.26 bits per heavy atom. The number of anilines is 1. The van der Waals surface area contributed by atoms with Crippen LogP contribution in [-0.4, -0.2) is 42.8 Å². The van der Waals surface area contributed by atoms with E-state index in [2.05, 4.69) is 38.1 Å². The first-order chi connectivity index (χ1) is 15.2. The van der Waals surface area contributed by atoms with E-state index in [1.165, 1.54) is 0 Å². The standard InChI is InChI=1S/C24H25BrN2O4/c1-2-29-11-12-30-13-14-31-20-7-5-19(6-8-20)27-23-9-3-17(25)15-21(23)22-16-18(26-28)4-10-24(22)27/h3-10,15-16,26,28H,2,11-14H2,1H3. The molecule has 0 aliphatic carbocycles. The average molecular weight is 485 g/mol. The second-order valence-electron chi connectivity index (χ2n) is 6.99. The zero-order valence-corrected chi connectivity index (χ0v) is 18.9. The number of hydrogen-bond donors (Lipinski definition) is 2. The molecule has 0 fully saturated rings. The van der Waals surface area contributed by atoms with Gasteiger partial charge in [-0.25, -0.2) is 0 Å². The highest BCUT2D eigenvalue weighted by molar-refractivity contribution is 9.10. The van der Waals surface area contributed by atoms with E-state index in [9.17, 15) is 5.21 Å². The second kappa shape index (κ2) is 10.2. The van der Waals surface area contributed by atoms with Crippen molar-refractivity contribution in [1.82, 2.24) is 4.57 Å². The van der Waals surface area contributed by atoms with Gasteiger partial charge in [-0.15, -0.1) is 0 Å². The van der Waals surface area contributed by atoms with Crippen molar-refractivity contribution in [2.75, 3.05) is 38.5 Å². The van der Waals surface area contributed by atoms with Crippen LogP contribution < -0.4 is 10.2 Å². The number of aromatic nitrogens is 1. The summed E-state index contributed by atoms with van der Waals surface area (Å²) in [5.41, 5.74) is 6.07. The van der Waals surface area contributed by atoms with E-state index in [-0.39, 0.29) is 0 Å². The SMILES string of the molecule is CCOCCOCCOc1ccc(-n2c3ccc(Br)cc3c3cc(NO)ccc32)cc1. The van der Waals surface area contributed by atoms with Crippen LogP contribution in [0, 0.1) is 0 Å². The summed E-state index contributed by atoms with van der Waals surface area (Å²) in [4.78, 5) is 0. The normalized spacial score (nSPS) is 11.3. The molecule has 162 valence electrons. The number of nitrogens with one attached hydrogen (secondary N) is 1. The quantitative estimate of drug-likeness (QED) is 0.220. The lowest BCUT2D eigenvalue weighted by Crippen LogP contribution is -2.10. The predicted molar refractivity (Wildman–Crippen MR) is 127 cm³/mol.